The Hall–Kier alpha value is -2.28. The van der Waals surface area contributed by atoms with Crippen LogP contribution in [0.2, 0.25) is 0 Å². The van der Waals surface area contributed by atoms with Gasteiger partial charge in [-0.2, -0.15) is 5.26 Å². The topological polar surface area (TPSA) is 53.1 Å². The fourth-order valence-corrected chi connectivity index (χ4v) is 2.71. The number of aryl methyl sites for hydroxylation is 2. The molecule has 0 N–H and O–H groups in total. The number of rotatable bonds is 3. The van der Waals surface area contributed by atoms with Crippen molar-refractivity contribution in [2.24, 2.45) is 0 Å². The van der Waals surface area contributed by atoms with Crippen molar-refractivity contribution in [3.05, 3.63) is 47.0 Å². The van der Waals surface area contributed by atoms with Gasteiger partial charge in [-0.25, -0.2) is 4.98 Å². The number of furan rings is 1. The molecule has 3 rings (SSSR count). The summed E-state index contributed by atoms with van der Waals surface area (Å²) >= 11 is 0. The van der Waals surface area contributed by atoms with Crippen molar-refractivity contribution in [2.45, 2.75) is 32.2 Å². The molecule has 2 aromatic heterocycles. The first kappa shape index (κ1) is 12.7. The van der Waals surface area contributed by atoms with E-state index in [-0.39, 0.29) is 0 Å². The molecular formula is C16H17N3O. The average Bonchev–Trinajstić information content (AvgIpc) is 2.98. The van der Waals surface area contributed by atoms with Gasteiger partial charge >= 0.3 is 0 Å². The van der Waals surface area contributed by atoms with E-state index in [0.717, 1.165) is 30.1 Å². The molecule has 20 heavy (non-hydrogen) atoms. The Morgan fingerprint density at radius 1 is 1.40 bits per heavy atom. The molecule has 0 saturated heterocycles. The summed E-state index contributed by atoms with van der Waals surface area (Å²) in [5.41, 5.74) is 3.04. The Kier molecular flexibility index (Phi) is 3.42. The Labute approximate surface area is 118 Å². The van der Waals surface area contributed by atoms with Crippen LogP contribution in [-0.4, -0.2) is 12.0 Å². The predicted molar refractivity (Wildman–Crippen MR) is 76.4 cm³/mol. The zero-order valence-electron chi connectivity index (χ0n) is 11.6. The normalized spacial score (nSPS) is 13.6. The van der Waals surface area contributed by atoms with Gasteiger partial charge in [0.2, 0.25) is 0 Å². The summed E-state index contributed by atoms with van der Waals surface area (Å²) in [4.78, 5) is 6.70. The van der Waals surface area contributed by atoms with Gasteiger partial charge in [0.25, 0.3) is 0 Å². The maximum atomic E-state index is 9.35. The standard InChI is InChI=1S/C16H17N3O/c1-19(11-14-6-4-8-20-14)16-13(10-17)9-12-5-2-3-7-15(12)18-16/h4,6,8-9H,2-3,5,7,11H2,1H3. The van der Waals surface area contributed by atoms with Crippen molar-refractivity contribution < 1.29 is 4.42 Å². The van der Waals surface area contributed by atoms with Crippen molar-refractivity contribution in [1.29, 1.82) is 5.26 Å². The lowest BCUT2D eigenvalue weighted by Crippen LogP contribution is -2.20. The second-order valence-corrected chi connectivity index (χ2v) is 5.22. The molecule has 0 atom stereocenters. The van der Waals surface area contributed by atoms with Crippen molar-refractivity contribution in [3.63, 3.8) is 0 Å². The summed E-state index contributed by atoms with van der Waals surface area (Å²) in [6.07, 6.45) is 6.10. The van der Waals surface area contributed by atoms with E-state index in [2.05, 4.69) is 6.07 Å². The summed E-state index contributed by atoms with van der Waals surface area (Å²) in [7, 11) is 1.95. The third-order valence-corrected chi connectivity index (χ3v) is 3.74. The van der Waals surface area contributed by atoms with E-state index in [1.54, 1.807) is 6.26 Å². The van der Waals surface area contributed by atoms with Gasteiger partial charge in [0, 0.05) is 12.7 Å². The van der Waals surface area contributed by atoms with E-state index in [1.165, 1.54) is 18.4 Å². The van der Waals surface area contributed by atoms with E-state index in [1.807, 2.05) is 30.1 Å². The second kappa shape index (κ2) is 5.38. The van der Waals surface area contributed by atoms with Gasteiger partial charge in [0.05, 0.1) is 18.4 Å². The van der Waals surface area contributed by atoms with Gasteiger partial charge in [0.15, 0.2) is 0 Å². The first-order valence-electron chi connectivity index (χ1n) is 6.94. The van der Waals surface area contributed by atoms with Crippen LogP contribution in [0, 0.1) is 11.3 Å². The fourth-order valence-electron chi connectivity index (χ4n) is 2.71. The van der Waals surface area contributed by atoms with Gasteiger partial charge in [-0.15, -0.1) is 0 Å². The lowest BCUT2D eigenvalue weighted by Gasteiger charge is -2.22. The molecule has 0 spiro atoms. The Balaban J connectivity index is 1.93. The van der Waals surface area contributed by atoms with Crippen LogP contribution in [0.15, 0.2) is 28.9 Å². The molecular weight excluding hydrogens is 250 g/mol. The smallest absolute Gasteiger partial charge is 0.146 e. The molecule has 0 unspecified atom stereocenters. The van der Waals surface area contributed by atoms with Crippen LogP contribution < -0.4 is 4.90 Å². The fraction of sp³-hybridized carbons (Fsp3) is 0.375. The number of aromatic nitrogens is 1. The number of pyridine rings is 1. The van der Waals surface area contributed by atoms with Crippen molar-refractivity contribution >= 4 is 5.82 Å². The summed E-state index contributed by atoms with van der Waals surface area (Å²) < 4.78 is 5.36. The third kappa shape index (κ3) is 2.39. The first-order valence-corrected chi connectivity index (χ1v) is 6.94. The maximum Gasteiger partial charge on any atom is 0.146 e. The number of nitriles is 1. The Morgan fingerprint density at radius 2 is 2.25 bits per heavy atom. The first-order chi connectivity index (χ1) is 9.78. The highest BCUT2D eigenvalue weighted by Gasteiger charge is 2.17. The molecule has 0 amide bonds. The SMILES string of the molecule is CN(Cc1ccco1)c1nc2c(cc1C#N)CCCC2. The number of fused-ring (bicyclic) bond motifs is 1. The zero-order chi connectivity index (χ0) is 13.9. The molecule has 0 bridgehead atoms. The van der Waals surface area contributed by atoms with Crippen LogP contribution in [0.4, 0.5) is 5.82 Å². The van der Waals surface area contributed by atoms with Crippen LogP contribution in [0.25, 0.3) is 0 Å². The van der Waals surface area contributed by atoms with E-state index in [0.29, 0.717) is 12.1 Å². The lowest BCUT2D eigenvalue weighted by atomic mass is 9.95. The van der Waals surface area contributed by atoms with Crippen molar-refractivity contribution in [3.8, 4) is 6.07 Å². The highest BCUT2D eigenvalue weighted by molar-refractivity contribution is 5.56. The van der Waals surface area contributed by atoms with E-state index in [9.17, 15) is 5.26 Å². The minimum atomic E-state index is 0.619. The maximum absolute atomic E-state index is 9.35. The Bertz CT molecular complexity index is 640. The van der Waals surface area contributed by atoms with Crippen LogP contribution in [0.1, 0.15) is 35.4 Å². The molecule has 2 heterocycles. The molecule has 2 aromatic rings. The molecule has 1 aliphatic rings. The minimum Gasteiger partial charge on any atom is -0.467 e. The minimum absolute atomic E-state index is 0.619. The molecule has 0 fully saturated rings. The largest absolute Gasteiger partial charge is 0.467 e. The number of anilines is 1. The van der Waals surface area contributed by atoms with Crippen molar-refractivity contribution in [2.75, 3.05) is 11.9 Å². The number of nitrogens with zero attached hydrogens (tertiary/aromatic N) is 3. The zero-order valence-corrected chi connectivity index (χ0v) is 11.6. The van der Waals surface area contributed by atoms with Gasteiger partial charge in [-0.1, -0.05) is 0 Å². The molecule has 4 heteroatoms. The predicted octanol–water partition coefficient (Wildman–Crippen LogP) is 3.06. The van der Waals surface area contributed by atoms with E-state index >= 15 is 0 Å². The van der Waals surface area contributed by atoms with E-state index < -0.39 is 0 Å². The average molecular weight is 267 g/mol. The van der Waals surface area contributed by atoms with Crippen LogP contribution in [0.3, 0.4) is 0 Å². The number of hydrogen-bond donors (Lipinski definition) is 0. The molecule has 1 aliphatic carbocycles. The molecule has 102 valence electrons. The molecule has 4 nitrogen and oxygen atoms in total. The van der Waals surface area contributed by atoms with Crippen molar-refractivity contribution in [1.82, 2.24) is 4.98 Å². The summed E-state index contributed by atoms with van der Waals surface area (Å²) in [6.45, 7) is 0.619. The van der Waals surface area contributed by atoms with Gasteiger partial charge in [-0.05, 0) is 49.4 Å². The summed E-state index contributed by atoms with van der Waals surface area (Å²) in [6, 6.07) is 8.08. The Morgan fingerprint density at radius 3 is 3.00 bits per heavy atom. The molecule has 0 aliphatic heterocycles. The van der Waals surface area contributed by atoms with Gasteiger partial charge in [0.1, 0.15) is 17.6 Å². The van der Waals surface area contributed by atoms with Gasteiger partial charge < -0.3 is 9.32 Å². The summed E-state index contributed by atoms with van der Waals surface area (Å²) in [5.74, 6) is 1.63. The van der Waals surface area contributed by atoms with E-state index in [4.69, 9.17) is 9.40 Å². The monoisotopic (exact) mass is 267 g/mol. The molecule has 0 saturated carbocycles. The lowest BCUT2D eigenvalue weighted by molar-refractivity contribution is 0.506. The van der Waals surface area contributed by atoms with Crippen LogP contribution >= 0.6 is 0 Å². The van der Waals surface area contributed by atoms with Crippen LogP contribution in [-0.2, 0) is 19.4 Å². The molecule has 0 aromatic carbocycles. The summed E-state index contributed by atoms with van der Waals surface area (Å²) in [5, 5.41) is 9.35. The highest BCUT2D eigenvalue weighted by atomic mass is 16.3. The molecule has 0 radical (unpaired) electrons. The van der Waals surface area contributed by atoms with Crippen LogP contribution in [0.5, 0.6) is 0 Å². The third-order valence-electron chi connectivity index (χ3n) is 3.74. The quantitative estimate of drug-likeness (QED) is 0.857. The number of hydrogen-bond acceptors (Lipinski definition) is 4. The second-order valence-electron chi connectivity index (χ2n) is 5.22. The van der Waals surface area contributed by atoms with Gasteiger partial charge in [-0.3, -0.25) is 0 Å². The highest BCUT2D eigenvalue weighted by Crippen LogP contribution is 2.26.